The van der Waals surface area contributed by atoms with E-state index in [-0.39, 0.29) is 28.8 Å². The molecular weight excluding hydrogens is 282 g/mol. The van der Waals surface area contributed by atoms with Crippen molar-refractivity contribution in [2.45, 2.75) is 59.0 Å². The second kappa shape index (κ2) is 4.78. The van der Waals surface area contributed by atoms with Crippen molar-refractivity contribution in [3.63, 3.8) is 0 Å². The lowest BCUT2D eigenvalue weighted by atomic mass is 9.68. The minimum absolute atomic E-state index is 0.0509. The Morgan fingerprint density at radius 2 is 2.24 bits per heavy atom. The Balaban J connectivity index is 1.78. The fourth-order valence-electron chi connectivity index (χ4n) is 4.47. The molecule has 1 aromatic heterocycles. The molecule has 116 valence electrons. The number of nitrogens with zero attached hydrogens (tertiary/aromatic N) is 1. The van der Waals surface area contributed by atoms with Crippen LogP contribution in [-0.4, -0.2) is 16.9 Å². The van der Waals surface area contributed by atoms with Gasteiger partial charge in [0.05, 0.1) is 6.04 Å². The molecule has 0 spiro atoms. The summed E-state index contributed by atoms with van der Waals surface area (Å²) in [5.41, 5.74) is 6.74. The lowest BCUT2D eigenvalue weighted by molar-refractivity contribution is 0.0733. The quantitative estimate of drug-likeness (QED) is 0.901. The van der Waals surface area contributed by atoms with Gasteiger partial charge in [-0.15, -0.1) is 11.3 Å². The normalized spacial score (nSPS) is 34.9. The summed E-state index contributed by atoms with van der Waals surface area (Å²) >= 11 is 1.46. The van der Waals surface area contributed by atoms with Crippen LogP contribution in [0.1, 0.15) is 68.5 Å². The number of nitrogens with two attached hydrogens (primary N) is 1. The first kappa shape index (κ1) is 15.0. The van der Waals surface area contributed by atoms with Crippen LogP contribution in [0.25, 0.3) is 0 Å². The number of aromatic nitrogens is 1. The van der Waals surface area contributed by atoms with E-state index in [0.29, 0.717) is 5.69 Å². The average Bonchev–Trinajstić information content (AvgIpc) is 3.05. The number of nitrogens with one attached hydrogen (secondary N) is 1. The van der Waals surface area contributed by atoms with Crippen LogP contribution in [-0.2, 0) is 0 Å². The molecule has 2 aliphatic carbocycles. The number of hydrogen-bond acceptors (Lipinski definition) is 4. The fraction of sp³-hybridized carbons (Fsp3) is 0.750. The summed E-state index contributed by atoms with van der Waals surface area (Å²) in [5, 5.41) is 5.91. The number of carbonyl (C=O) groups excluding carboxylic acids is 1. The van der Waals surface area contributed by atoms with Crippen LogP contribution < -0.4 is 11.1 Å². The topological polar surface area (TPSA) is 68.0 Å². The zero-order chi connectivity index (χ0) is 15.4. The fourth-order valence-corrected chi connectivity index (χ4v) is 5.23. The van der Waals surface area contributed by atoms with Gasteiger partial charge < -0.3 is 11.1 Å². The highest BCUT2D eigenvalue weighted by Gasteiger charge is 2.59. The zero-order valence-corrected chi connectivity index (χ0v) is 14.1. The standard InChI is InChI=1S/C16H25N3OS/c1-9(17)13-18-11(8-21-13)12(20)19-14-15(2,3)10-5-6-16(14,4)7-10/h8-10,14H,5-7,17H2,1-4H3,(H,19,20). The van der Waals surface area contributed by atoms with Gasteiger partial charge >= 0.3 is 0 Å². The van der Waals surface area contributed by atoms with Crippen LogP contribution in [0.15, 0.2) is 5.38 Å². The van der Waals surface area contributed by atoms with E-state index in [1.165, 1.54) is 30.6 Å². The molecule has 3 N–H and O–H groups in total. The zero-order valence-electron chi connectivity index (χ0n) is 13.3. The van der Waals surface area contributed by atoms with Gasteiger partial charge in [0.25, 0.3) is 5.91 Å². The highest BCUT2D eigenvalue weighted by Crippen LogP contribution is 2.62. The highest BCUT2D eigenvalue weighted by molar-refractivity contribution is 7.09. The van der Waals surface area contributed by atoms with Gasteiger partial charge in [-0.25, -0.2) is 4.98 Å². The maximum absolute atomic E-state index is 12.5. The number of hydrogen-bond donors (Lipinski definition) is 2. The molecule has 1 aromatic rings. The van der Waals surface area contributed by atoms with E-state index in [0.717, 1.165) is 10.9 Å². The third-order valence-corrected chi connectivity index (χ3v) is 6.73. The van der Waals surface area contributed by atoms with Gasteiger partial charge in [-0.1, -0.05) is 20.8 Å². The summed E-state index contributed by atoms with van der Waals surface area (Å²) in [6, 6.07) is 0.115. The molecule has 0 aromatic carbocycles. The Hall–Kier alpha value is -0.940. The Morgan fingerprint density at radius 3 is 2.76 bits per heavy atom. The van der Waals surface area contributed by atoms with E-state index in [4.69, 9.17) is 5.73 Å². The summed E-state index contributed by atoms with van der Waals surface area (Å²) < 4.78 is 0. The van der Waals surface area contributed by atoms with E-state index < -0.39 is 0 Å². The van der Waals surface area contributed by atoms with Crippen molar-refractivity contribution in [1.29, 1.82) is 0 Å². The van der Waals surface area contributed by atoms with Crippen molar-refractivity contribution in [1.82, 2.24) is 10.3 Å². The second-order valence-electron chi connectivity index (χ2n) is 7.68. The van der Waals surface area contributed by atoms with Crippen LogP contribution in [0.4, 0.5) is 0 Å². The Bertz CT molecular complexity index is 561. The van der Waals surface area contributed by atoms with Crippen LogP contribution >= 0.6 is 11.3 Å². The van der Waals surface area contributed by atoms with E-state index in [1.807, 2.05) is 12.3 Å². The number of carbonyl (C=O) groups is 1. The van der Waals surface area contributed by atoms with Gasteiger partial charge in [0.2, 0.25) is 0 Å². The number of amides is 1. The van der Waals surface area contributed by atoms with Crippen molar-refractivity contribution in [2.24, 2.45) is 22.5 Å². The molecule has 4 unspecified atom stereocenters. The van der Waals surface area contributed by atoms with Crippen LogP contribution in [0.5, 0.6) is 0 Å². The lowest BCUT2D eigenvalue weighted by Crippen LogP contribution is -2.52. The molecule has 2 saturated carbocycles. The smallest absolute Gasteiger partial charge is 0.271 e. The Kier molecular flexibility index (Phi) is 3.41. The Labute approximate surface area is 130 Å². The molecule has 21 heavy (non-hydrogen) atoms. The van der Waals surface area contributed by atoms with Gasteiger partial charge in [-0.05, 0) is 42.9 Å². The van der Waals surface area contributed by atoms with Gasteiger partial charge in [0.15, 0.2) is 0 Å². The molecule has 3 rings (SSSR count). The monoisotopic (exact) mass is 307 g/mol. The minimum Gasteiger partial charge on any atom is -0.347 e. The molecule has 0 radical (unpaired) electrons. The van der Waals surface area contributed by atoms with Crippen LogP contribution in [0.3, 0.4) is 0 Å². The summed E-state index contributed by atoms with van der Waals surface area (Å²) in [6.07, 6.45) is 3.74. The number of thiazole rings is 1. The average molecular weight is 307 g/mol. The van der Waals surface area contributed by atoms with E-state index in [9.17, 15) is 4.79 Å². The van der Waals surface area contributed by atoms with Crippen molar-refractivity contribution in [3.05, 3.63) is 16.1 Å². The van der Waals surface area contributed by atoms with Gasteiger partial charge in [0.1, 0.15) is 10.7 Å². The first-order valence-electron chi connectivity index (χ1n) is 7.76. The molecule has 5 heteroatoms. The van der Waals surface area contributed by atoms with E-state index in [2.05, 4.69) is 31.1 Å². The minimum atomic E-state index is -0.118. The number of fused-ring (bicyclic) bond motifs is 2. The first-order chi connectivity index (χ1) is 9.74. The Morgan fingerprint density at radius 1 is 1.52 bits per heavy atom. The number of rotatable bonds is 3. The summed E-state index contributed by atoms with van der Waals surface area (Å²) in [4.78, 5) is 16.9. The van der Waals surface area contributed by atoms with Crippen molar-refractivity contribution in [2.75, 3.05) is 0 Å². The van der Waals surface area contributed by atoms with E-state index in [1.54, 1.807) is 0 Å². The maximum atomic E-state index is 12.5. The highest BCUT2D eigenvalue weighted by atomic mass is 32.1. The van der Waals surface area contributed by atoms with Gasteiger partial charge in [0, 0.05) is 11.4 Å². The molecule has 2 fully saturated rings. The van der Waals surface area contributed by atoms with Gasteiger partial charge in [-0.2, -0.15) is 0 Å². The van der Waals surface area contributed by atoms with E-state index >= 15 is 0 Å². The third kappa shape index (κ3) is 2.30. The van der Waals surface area contributed by atoms with Gasteiger partial charge in [-0.3, -0.25) is 4.79 Å². The summed E-state index contributed by atoms with van der Waals surface area (Å²) in [5.74, 6) is 0.674. The molecule has 1 heterocycles. The molecular formula is C16H25N3OS. The van der Waals surface area contributed by atoms with Crippen molar-refractivity contribution in [3.8, 4) is 0 Å². The van der Waals surface area contributed by atoms with Crippen molar-refractivity contribution < 1.29 is 4.79 Å². The molecule has 1 amide bonds. The summed E-state index contributed by atoms with van der Waals surface area (Å²) in [7, 11) is 0. The maximum Gasteiger partial charge on any atom is 0.271 e. The molecule has 4 nitrogen and oxygen atoms in total. The lowest BCUT2D eigenvalue weighted by Gasteiger charge is -2.43. The summed E-state index contributed by atoms with van der Waals surface area (Å²) in [6.45, 7) is 8.80. The first-order valence-corrected chi connectivity index (χ1v) is 8.64. The molecule has 2 bridgehead atoms. The predicted octanol–water partition coefficient (Wildman–Crippen LogP) is 3.11. The third-order valence-electron chi connectivity index (χ3n) is 5.69. The largest absolute Gasteiger partial charge is 0.347 e. The second-order valence-corrected chi connectivity index (χ2v) is 8.57. The molecule has 0 aliphatic heterocycles. The van der Waals surface area contributed by atoms with Crippen LogP contribution in [0.2, 0.25) is 0 Å². The molecule has 4 atom stereocenters. The SMILES string of the molecule is CC(N)c1nc(C(=O)NC2C3(C)CCC(C3)C2(C)C)cs1. The molecule has 2 aliphatic rings. The molecule has 0 saturated heterocycles. The van der Waals surface area contributed by atoms with Crippen LogP contribution in [0, 0.1) is 16.7 Å². The van der Waals surface area contributed by atoms with Crippen molar-refractivity contribution >= 4 is 17.2 Å². The predicted molar refractivity (Wildman–Crippen MR) is 85.2 cm³/mol.